The van der Waals surface area contributed by atoms with Crippen LogP contribution in [0.1, 0.15) is 37.7 Å². The number of amides is 2. The first-order chi connectivity index (χ1) is 14.7. The maximum atomic E-state index is 14.9. The van der Waals surface area contributed by atoms with E-state index in [9.17, 15) is 18.2 Å². The number of rotatable bonds is 7. The molecule has 0 saturated carbocycles. The van der Waals surface area contributed by atoms with E-state index in [0.29, 0.717) is 60.1 Å². The number of hydrogen-bond donors (Lipinski definition) is 2. The minimum atomic E-state index is -2.47. The molecule has 0 unspecified atom stereocenters. The first-order valence-corrected chi connectivity index (χ1v) is 12.5. The minimum absolute atomic E-state index is 0.0927. The molecule has 0 bridgehead atoms. The molecule has 0 spiro atoms. The summed E-state index contributed by atoms with van der Waals surface area (Å²) in [4.78, 5) is 25.2. The fraction of sp³-hybridized carbons (Fsp3) is 0.550. The number of benzene rings is 1. The summed E-state index contributed by atoms with van der Waals surface area (Å²) < 4.78 is 36.8. The number of cyclic esters (lactones) is 1. The van der Waals surface area contributed by atoms with Crippen LogP contribution in [0.15, 0.2) is 22.6 Å². The Bertz CT molecular complexity index is 979. The van der Waals surface area contributed by atoms with Gasteiger partial charge in [0.25, 0.3) is 0 Å². The minimum Gasteiger partial charge on any atom is -0.442 e. The highest BCUT2D eigenvalue weighted by Crippen LogP contribution is 2.34. The van der Waals surface area contributed by atoms with Gasteiger partial charge in [-0.2, -0.15) is 0 Å². The molecule has 2 amide bonds. The van der Waals surface area contributed by atoms with Gasteiger partial charge in [-0.05, 0) is 42.9 Å². The molecule has 0 aromatic heterocycles. The lowest BCUT2D eigenvalue weighted by atomic mass is 9.93. The van der Waals surface area contributed by atoms with E-state index in [-0.39, 0.29) is 18.6 Å². The molecule has 2 heterocycles. The van der Waals surface area contributed by atoms with Crippen molar-refractivity contribution in [2.24, 2.45) is 10.1 Å². The molecule has 1 atom stereocenters. The maximum Gasteiger partial charge on any atom is 0.414 e. The average Bonchev–Trinajstić information content (AvgIpc) is 3.12. The number of nitrogens with two attached hydrogens (primary N) is 1. The molecule has 2 aliphatic heterocycles. The SMILES string of the molecule is CCC(=S)NC[C@H]1CN(c2ccc(C3CCS(=O)(=NCC(N)=O)CC3)c(F)c2)C(=O)O1. The molecule has 170 valence electrons. The zero-order valence-electron chi connectivity index (χ0n) is 17.3. The monoisotopic (exact) mass is 470 g/mol. The lowest BCUT2D eigenvalue weighted by Gasteiger charge is -2.25. The summed E-state index contributed by atoms with van der Waals surface area (Å²) in [6.07, 6.45) is 0.842. The van der Waals surface area contributed by atoms with Gasteiger partial charge in [-0.3, -0.25) is 9.69 Å². The molecule has 1 aromatic carbocycles. The Labute approximate surface area is 186 Å². The summed E-state index contributed by atoms with van der Waals surface area (Å²) in [5.74, 6) is -0.507. The summed E-state index contributed by atoms with van der Waals surface area (Å²) in [5, 5.41) is 3.05. The number of halogens is 1. The van der Waals surface area contributed by atoms with E-state index in [0.717, 1.165) is 0 Å². The largest absolute Gasteiger partial charge is 0.442 e. The number of thiocarbonyl (C=S) groups is 1. The summed E-state index contributed by atoms with van der Waals surface area (Å²) in [6.45, 7) is 2.41. The second-order valence-electron chi connectivity index (χ2n) is 7.69. The third-order valence-electron chi connectivity index (χ3n) is 5.48. The second-order valence-corrected chi connectivity index (χ2v) is 10.8. The van der Waals surface area contributed by atoms with Gasteiger partial charge in [-0.15, -0.1) is 0 Å². The number of hydrogen-bond acceptors (Lipinski definition) is 6. The highest BCUT2D eigenvalue weighted by molar-refractivity contribution is 7.93. The molecular formula is C20H27FN4O4S2. The summed E-state index contributed by atoms with van der Waals surface area (Å²) in [5.41, 5.74) is 6.03. The quantitative estimate of drug-likeness (QED) is 0.591. The van der Waals surface area contributed by atoms with Gasteiger partial charge in [0.05, 0.1) is 23.8 Å². The van der Waals surface area contributed by atoms with E-state index in [1.165, 1.54) is 11.0 Å². The van der Waals surface area contributed by atoms with E-state index in [2.05, 4.69) is 9.68 Å². The van der Waals surface area contributed by atoms with Crippen LogP contribution in [0.3, 0.4) is 0 Å². The first kappa shape index (κ1) is 23.4. The van der Waals surface area contributed by atoms with E-state index in [1.54, 1.807) is 12.1 Å². The maximum absolute atomic E-state index is 14.9. The third kappa shape index (κ3) is 5.91. The molecule has 8 nitrogen and oxygen atoms in total. The summed E-state index contributed by atoms with van der Waals surface area (Å²) in [7, 11) is -2.47. The van der Waals surface area contributed by atoms with Crippen LogP contribution in [0, 0.1) is 5.82 Å². The van der Waals surface area contributed by atoms with Crippen LogP contribution < -0.4 is 16.0 Å². The van der Waals surface area contributed by atoms with Crippen LogP contribution in [0.4, 0.5) is 14.9 Å². The van der Waals surface area contributed by atoms with Crippen LogP contribution in [0.5, 0.6) is 0 Å². The molecule has 0 aliphatic carbocycles. The van der Waals surface area contributed by atoms with Crippen LogP contribution in [0.25, 0.3) is 0 Å². The first-order valence-electron chi connectivity index (χ1n) is 10.2. The lowest BCUT2D eigenvalue weighted by molar-refractivity contribution is -0.116. The van der Waals surface area contributed by atoms with Crippen LogP contribution in [-0.4, -0.2) is 58.4 Å². The third-order valence-corrected chi connectivity index (χ3v) is 8.26. The molecule has 3 rings (SSSR count). The average molecular weight is 471 g/mol. The topological polar surface area (TPSA) is 114 Å². The van der Waals surface area contributed by atoms with Crippen molar-refractivity contribution in [2.45, 2.75) is 38.2 Å². The Morgan fingerprint density at radius 2 is 2.13 bits per heavy atom. The fourth-order valence-electron chi connectivity index (χ4n) is 3.73. The summed E-state index contributed by atoms with van der Waals surface area (Å²) in [6, 6.07) is 4.72. The highest BCUT2D eigenvalue weighted by atomic mass is 32.2. The molecule has 1 aromatic rings. The van der Waals surface area contributed by atoms with E-state index in [4.69, 9.17) is 22.7 Å². The van der Waals surface area contributed by atoms with E-state index >= 15 is 0 Å². The van der Waals surface area contributed by atoms with Gasteiger partial charge in [0.2, 0.25) is 5.91 Å². The fourth-order valence-corrected chi connectivity index (χ4v) is 5.94. The number of carbonyl (C=O) groups excluding carboxylic acids is 2. The molecule has 11 heteroatoms. The lowest BCUT2D eigenvalue weighted by Crippen LogP contribution is -2.33. The highest BCUT2D eigenvalue weighted by Gasteiger charge is 2.33. The van der Waals surface area contributed by atoms with Crippen molar-refractivity contribution in [1.29, 1.82) is 0 Å². The number of nitrogens with zero attached hydrogens (tertiary/aromatic N) is 2. The van der Waals surface area contributed by atoms with E-state index in [1.807, 2.05) is 6.92 Å². The number of nitrogens with one attached hydrogen (secondary N) is 1. The van der Waals surface area contributed by atoms with Crippen LogP contribution >= 0.6 is 12.2 Å². The van der Waals surface area contributed by atoms with Crippen LogP contribution in [-0.2, 0) is 19.3 Å². The predicted molar refractivity (Wildman–Crippen MR) is 121 cm³/mol. The number of primary amides is 1. The van der Waals surface area contributed by atoms with Crippen molar-refractivity contribution in [3.63, 3.8) is 0 Å². The number of anilines is 1. The molecular weight excluding hydrogens is 443 g/mol. The second kappa shape index (κ2) is 9.90. The van der Waals surface area contributed by atoms with Crippen molar-refractivity contribution in [1.82, 2.24) is 5.32 Å². The van der Waals surface area contributed by atoms with Gasteiger partial charge in [0.1, 0.15) is 18.5 Å². The van der Waals surface area contributed by atoms with Crippen LogP contribution in [0.2, 0.25) is 0 Å². The molecule has 31 heavy (non-hydrogen) atoms. The normalized spacial score (nSPS) is 25.7. The van der Waals surface area contributed by atoms with Gasteiger partial charge in [0.15, 0.2) is 0 Å². The zero-order chi connectivity index (χ0) is 22.6. The summed E-state index contributed by atoms with van der Waals surface area (Å²) >= 11 is 5.12. The van der Waals surface area contributed by atoms with Gasteiger partial charge in [0, 0.05) is 21.2 Å². The molecule has 3 N–H and O–H groups in total. The molecule has 2 saturated heterocycles. The van der Waals surface area contributed by atoms with Crippen molar-refractivity contribution >= 4 is 44.6 Å². The molecule has 2 aliphatic rings. The van der Waals surface area contributed by atoms with Crippen molar-refractivity contribution in [3.05, 3.63) is 29.6 Å². The van der Waals surface area contributed by atoms with Gasteiger partial charge < -0.3 is 15.8 Å². The van der Waals surface area contributed by atoms with Gasteiger partial charge in [-0.1, -0.05) is 25.2 Å². The Kier molecular flexibility index (Phi) is 7.47. The van der Waals surface area contributed by atoms with Gasteiger partial charge in [-0.25, -0.2) is 17.8 Å². The Morgan fingerprint density at radius 1 is 1.42 bits per heavy atom. The Morgan fingerprint density at radius 3 is 2.74 bits per heavy atom. The van der Waals surface area contributed by atoms with Gasteiger partial charge >= 0.3 is 6.09 Å². The smallest absolute Gasteiger partial charge is 0.414 e. The standard InChI is InChI=1S/C20H27FN4O4S2/c1-2-19(30)23-10-15-12-25(20(27)29-15)14-3-4-16(17(21)9-14)13-5-7-31(28,8-6-13)24-11-18(22)26/h3-4,9,13,15H,2,5-8,10-12H2,1H3,(H2,22,26)(H,23,30)/t13?,15-,31?/m0/s1. The number of carbonyl (C=O) groups is 2. The van der Waals surface area contributed by atoms with Crippen molar-refractivity contribution in [3.8, 4) is 0 Å². The van der Waals surface area contributed by atoms with Crippen molar-refractivity contribution < 1.29 is 22.9 Å². The molecule has 2 fully saturated rings. The van der Waals surface area contributed by atoms with Crippen molar-refractivity contribution in [2.75, 3.05) is 36.0 Å². The Balaban J connectivity index is 1.64. The predicted octanol–water partition coefficient (Wildman–Crippen LogP) is 2.31. The van der Waals surface area contributed by atoms with E-state index < -0.39 is 27.5 Å². The number of ether oxygens (including phenoxy) is 1. The Hall–Kier alpha value is -2.27. The molecule has 0 radical (unpaired) electrons. The zero-order valence-corrected chi connectivity index (χ0v) is 19.0.